The summed E-state index contributed by atoms with van der Waals surface area (Å²) in [6.45, 7) is 1.92. The molecule has 0 radical (unpaired) electrons. The molecule has 1 aliphatic rings. The van der Waals surface area contributed by atoms with E-state index in [1.54, 1.807) is 31.3 Å². The Labute approximate surface area is 203 Å². The summed E-state index contributed by atoms with van der Waals surface area (Å²) in [5.74, 6) is -1.43. The molecule has 0 aliphatic carbocycles. The lowest BCUT2D eigenvalue weighted by atomic mass is 9.95. The molecule has 2 unspecified atom stereocenters. The highest BCUT2D eigenvalue weighted by molar-refractivity contribution is 6.31. The highest BCUT2D eigenvalue weighted by atomic mass is 35.5. The van der Waals surface area contributed by atoms with E-state index in [9.17, 15) is 14.4 Å². The Morgan fingerprint density at radius 2 is 1.79 bits per heavy atom. The van der Waals surface area contributed by atoms with Gasteiger partial charge in [-0.1, -0.05) is 66.2 Å². The summed E-state index contributed by atoms with van der Waals surface area (Å²) in [5, 5.41) is 6.27. The van der Waals surface area contributed by atoms with Crippen LogP contribution in [0.5, 0.6) is 0 Å². The predicted octanol–water partition coefficient (Wildman–Crippen LogP) is 4.46. The maximum absolute atomic E-state index is 13.4. The van der Waals surface area contributed by atoms with Crippen LogP contribution < -0.4 is 15.5 Å². The van der Waals surface area contributed by atoms with E-state index in [1.165, 1.54) is 4.90 Å². The van der Waals surface area contributed by atoms with Gasteiger partial charge in [0.2, 0.25) is 17.7 Å². The number of hydrogen-bond acceptors (Lipinski definition) is 3. The van der Waals surface area contributed by atoms with Gasteiger partial charge < -0.3 is 15.5 Å². The standard InChI is InChI=1S/C27H26ClN3O3/c1-17-8-6-13-21-22(26(33)30-25(17)21)16-24(32)29-23(14-18-9-4-3-5-10-18)27(34)31(2)20-12-7-11-19(28)15-20/h3-13,15,22-23H,14,16H2,1-2H3,(H,29,32)(H,30,33). The minimum Gasteiger partial charge on any atom is -0.344 e. The number of halogens is 1. The number of aryl methyl sites for hydroxylation is 1. The summed E-state index contributed by atoms with van der Waals surface area (Å²) in [4.78, 5) is 40.6. The van der Waals surface area contributed by atoms with E-state index in [2.05, 4.69) is 10.6 Å². The van der Waals surface area contributed by atoms with Crippen LogP contribution in [0.25, 0.3) is 0 Å². The van der Waals surface area contributed by atoms with E-state index in [0.717, 1.165) is 22.4 Å². The number of nitrogens with zero attached hydrogens (tertiary/aromatic N) is 1. The Kier molecular flexibility index (Phi) is 6.98. The molecule has 0 spiro atoms. The van der Waals surface area contributed by atoms with E-state index < -0.39 is 12.0 Å². The summed E-state index contributed by atoms with van der Waals surface area (Å²) in [6, 6.07) is 21.3. The quantitative estimate of drug-likeness (QED) is 0.529. The molecule has 0 bridgehead atoms. The molecule has 7 heteroatoms. The van der Waals surface area contributed by atoms with E-state index in [1.807, 2.05) is 55.5 Å². The third kappa shape index (κ3) is 5.13. The fourth-order valence-electron chi connectivity index (χ4n) is 4.24. The Morgan fingerprint density at radius 3 is 2.53 bits per heavy atom. The molecular formula is C27H26ClN3O3. The lowest BCUT2D eigenvalue weighted by molar-refractivity contribution is -0.128. The molecule has 1 aliphatic heterocycles. The largest absolute Gasteiger partial charge is 0.344 e. The summed E-state index contributed by atoms with van der Waals surface area (Å²) in [5.41, 5.74) is 4.07. The third-order valence-electron chi connectivity index (χ3n) is 6.08. The first-order valence-corrected chi connectivity index (χ1v) is 11.5. The van der Waals surface area contributed by atoms with Gasteiger partial charge >= 0.3 is 0 Å². The number of anilines is 2. The first-order chi connectivity index (χ1) is 16.3. The highest BCUT2D eigenvalue weighted by Gasteiger charge is 2.34. The van der Waals surface area contributed by atoms with E-state index in [0.29, 0.717) is 17.1 Å². The molecule has 6 nitrogen and oxygen atoms in total. The fourth-order valence-corrected chi connectivity index (χ4v) is 4.42. The zero-order valence-corrected chi connectivity index (χ0v) is 19.8. The molecule has 4 rings (SSSR count). The Hall–Kier alpha value is -3.64. The topological polar surface area (TPSA) is 78.5 Å². The second-order valence-electron chi connectivity index (χ2n) is 8.47. The van der Waals surface area contributed by atoms with Crippen molar-refractivity contribution in [1.82, 2.24) is 5.32 Å². The average Bonchev–Trinajstić information content (AvgIpc) is 3.14. The van der Waals surface area contributed by atoms with E-state index in [4.69, 9.17) is 11.6 Å². The first-order valence-electron chi connectivity index (χ1n) is 11.1. The number of carbonyl (C=O) groups is 3. The molecule has 34 heavy (non-hydrogen) atoms. The van der Waals surface area contributed by atoms with Crippen LogP contribution in [0.1, 0.15) is 29.0 Å². The van der Waals surface area contributed by atoms with Gasteiger partial charge in [0.25, 0.3) is 0 Å². The summed E-state index contributed by atoms with van der Waals surface area (Å²) in [6.07, 6.45) is 0.282. The molecule has 0 saturated carbocycles. The molecule has 3 aromatic rings. The molecular weight excluding hydrogens is 450 g/mol. The monoisotopic (exact) mass is 475 g/mol. The predicted molar refractivity (Wildman–Crippen MR) is 134 cm³/mol. The zero-order valence-electron chi connectivity index (χ0n) is 19.0. The third-order valence-corrected chi connectivity index (χ3v) is 6.31. The Morgan fingerprint density at radius 1 is 1.06 bits per heavy atom. The molecule has 0 saturated heterocycles. The maximum Gasteiger partial charge on any atom is 0.249 e. The normalized spacial score (nSPS) is 15.3. The number of likely N-dealkylation sites (N-methyl/N-ethyl adjacent to an activating group) is 1. The molecule has 174 valence electrons. The van der Waals surface area contributed by atoms with Crippen LogP contribution in [0, 0.1) is 6.92 Å². The smallest absolute Gasteiger partial charge is 0.249 e. The van der Waals surface area contributed by atoms with Crippen molar-refractivity contribution in [3.8, 4) is 0 Å². The summed E-state index contributed by atoms with van der Waals surface area (Å²) in [7, 11) is 1.65. The number of benzene rings is 3. The second kappa shape index (κ2) is 10.1. The molecule has 2 atom stereocenters. The average molecular weight is 476 g/mol. The van der Waals surface area contributed by atoms with Crippen LogP contribution in [0.3, 0.4) is 0 Å². The summed E-state index contributed by atoms with van der Waals surface area (Å²) < 4.78 is 0. The van der Waals surface area contributed by atoms with Gasteiger partial charge in [-0.25, -0.2) is 0 Å². The molecule has 2 N–H and O–H groups in total. The molecule has 0 aromatic heterocycles. The SMILES string of the molecule is Cc1cccc2c1NC(=O)C2CC(=O)NC(Cc1ccccc1)C(=O)N(C)c1cccc(Cl)c1. The number of nitrogens with one attached hydrogen (secondary N) is 2. The van der Waals surface area contributed by atoms with Crippen LogP contribution in [0.2, 0.25) is 5.02 Å². The van der Waals surface area contributed by atoms with E-state index >= 15 is 0 Å². The minimum absolute atomic E-state index is 0.0399. The zero-order chi connectivity index (χ0) is 24.2. The van der Waals surface area contributed by atoms with Gasteiger partial charge in [0, 0.05) is 36.3 Å². The van der Waals surface area contributed by atoms with Gasteiger partial charge in [-0.15, -0.1) is 0 Å². The van der Waals surface area contributed by atoms with Crippen molar-refractivity contribution >= 4 is 40.7 Å². The molecule has 3 amide bonds. The van der Waals surface area contributed by atoms with Crippen molar-refractivity contribution in [2.75, 3.05) is 17.3 Å². The van der Waals surface area contributed by atoms with Gasteiger partial charge in [0.1, 0.15) is 6.04 Å². The van der Waals surface area contributed by atoms with Crippen LogP contribution in [-0.2, 0) is 20.8 Å². The van der Waals surface area contributed by atoms with Gasteiger partial charge in [-0.3, -0.25) is 14.4 Å². The lowest BCUT2D eigenvalue weighted by Gasteiger charge is -2.25. The van der Waals surface area contributed by atoms with Crippen molar-refractivity contribution in [2.24, 2.45) is 0 Å². The van der Waals surface area contributed by atoms with Crippen LogP contribution in [0.4, 0.5) is 11.4 Å². The van der Waals surface area contributed by atoms with E-state index in [-0.39, 0.29) is 24.1 Å². The van der Waals surface area contributed by atoms with Gasteiger partial charge in [0.15, 0.2) is 0 Å². The first kappa shape index (κ1) is 23.5. The number of carbonyl (C=O) groups excluding carboxylic acids is 3. The number of fused-ring (bicyclic) bond motifs is 1. The van der Waals surface area contributed by atoms with Crippen LogP contribution >= 0.6 is 11.6 Å². The van der Waals surface area contributed by atoms with Gasteiger partial charge in [-0.05, 0) is 41.8 Å². The van der Waals surface area contributed by atoms with Crippen LogP contribution in [-0.4, -0.2) is 30.8 Å². The van der Waals surface area contributed by atoms with Crippen LogP contribution in [0.15, 0.2) is 72.8 Å². The molecule has 0 fully saturated rings. The van der Waals surface area contributed by atoms with Crippen molar-refractivity contribution < 1.29 is 14.4 Å². The maximum atomic E-state index is 13.4. The minimum atomic E-state index is -0.805. The number of amides is 3. The summed E-state index contributed by atoms with van der Waals surface area (Å²) >= 11 is 6.10. The number of hydrogen-bond donors (Lipinski definition) is 2. The Bertz CT molecular complexity index is 1230. The number of rotatable bonds is 7. The van der Waals surface area contributed by atoms with Gasteiger partial charge in [0.05, 0.1) is 5.92 Å². The molecule has 3 aromatic carbocycles. The van der Waals surface area contributed by atoms with Crippen molar-refractivity contribution in [3.63, 3.8) is 0 Å². The lowest BCUT2D eigenvalue weighted by Crippen LogP contribution is -2.49. The van der Waals surface area contributed by atoms with Gasteiger partial charge in [-0.2, -0.15) is 0 Å². The van der Waals surface area contributed by atoms with Crippen molar-refractivity contribution in [1.29, 1.82) is 0 Å². The second-order valence-corrected chi connectivity index (χ2v) is 8.91. The molecule has 1 heterocycles. The highest BCUT2D eigenvalue weighted by Crippen LogP contribution is 2.36. The Balaban J connectivity index is 1.54. The van der Waals surface area contributed by atoms with Crippen molar-refractivity contribution in [2.45, 2.75) is 31.7 Å². The van der Waals surface area contributed by atoms with Crippen molar-refractivity contribution in [3.05, 3.63) is 94.5 Å². The fraction of sp³-hybridized carbons (Fsp3) is 0.222. The number of para-hydroxylation sites is 1.